The number of nitrogens with one attached hydrogen (secondary N) is 1. The van der Waals surface area contributed by atoms with E-state index in [4.69, 9.17) is 19.3 Å². The van der Waals surface area contributed by atoms with Crippen LogP contribution in [0.1, 0.15) is 17.3 Å². The number of benzene rings is 2. The maximum Gasteiger partial charge on any atom is 0.335 e. The van der Waals surface area contributed by atoms with E-state index in [1.165, 1.54) is 44.2 Å². The van der Waals surface area contributed by atoms with Gasteiger partial charge in [-0.15, -0.1) is 0 Å². The third-order valence-electron chi connectivity index (χ3n) is 4.40. The number of amides is 2. The van der Waals surface area contributed by atoms with Gasteiger partial charge in [-0.05, 0) is 37.3 Å². The minimum atomic E-state index is -1.12. The highest BCUT2D eigenvalue weighted by Crippen LogP contribution is 2.35. The van der Waals surface area contributed by atoms with Crippen molar-refractivity contribution in [1.82, 2.24) is 0 Å². The fourth-order valence-corrected chi connectivity index (χ4v) is 2.95. The van der Waals surface area contributed by atoms with Gasteiger partial charge in [-0.3, -0.25) is 14.5 Å². The second kappa shape index (κ2) is 8.09. The highest BCUT2D eigenvalue weighted by atomic mass is 16.5. The molecule has 9 heteroatoms. The number of carboxylic acid groups (broad SMARTS) is 1. The number of nitrogens with zero attached hydrogens (tertiary/aromatic N) is 1. The normalized spacial score (nSPS) is 15.2. The number of methoxy groups -OCH3 is 2. The molecule has 3 rings (SSSR count). The molecule has 0 saturated heterocycles. The van der Waals surface area contributed by atoms with Gasteiger partial charge in [0.25, 0.3) is 5.91 Å². The van der Waals surface area contributed by atoms with E-state index in [2.05, 4.69) is 5.32 Å². The number of rotatable bonds is 6. The molecule has 2 N–H and O–H groups in total. The highest BCUT2D eigenvalue weighted by Gasteiger charge is 2.33. The largest absolute Gasteiger partial charge is 0.497 e. The van der Waals surface area contributed by atoms with Crippen molar-refractivity contribution in [2.75, 3.05) is 31.0 Å². The van der Waals surface area contributed by atoms with Crippen molar-refractivity contribution in [2.45, 2.75) is 13.0 Å². The van der Waals surface area contributed by atoms with Gasteiger partial charge in [-0.1, -0.05) is 0 Å². The first-order valence-corrected chi connectivity index (χ1v) is 8.71. The van der Waals surface area contributed by atoms with E-state index in [1.54, 1.807) is 18.2 Å². The average molecular weight is 400 g/mol. The number of anilines is 2. The maximum atomic E-state index is 12.6. The molecule has 1 atom stereocenters. The van der Waals surface area contributed by atoms with E-state index >= 15 is 0 Å². The van der Waals surface area contributed by atoms with Gasteiger partial charge < -0.3 is 24.6 Å². The van der Waals surface area contributed by atoms with Crippen LogP contribution in [0.5, 0.6) is 17.2 Å². The van der Waals surface area contributed by atoms with Crippen LogP contribution in [0.3, 0.4) is 0 Å². The first-order chi connectivity index (χ1) is 13.8. The third-order valence-corrected chi connectivity index (χ3v) is 4.40. The summed E-state index contributed by atoms with van der Waals surface area (Å²) in [4.78, 5) is 37.7. The van der Waals surface area contributed by atoms with Crippen molar-refractivity contribution in [3.63, 3.8) is 0 Å². The Morgan fingerprint density at radius 3 is 2.59 bits per heavy atom. The lowest BCUT2D eigenvalue weighted by Gasteiger charge is -2.32. The zero-order valence-electron chi connectivity index (χ0n) is 16.1. The van der Waals surface area contributed by atoms with Crippen LogP contribution in [0.4, 0.5) is 11.4 Å². The SMILES string of the molecule is COc1ccc(OC)c(NC(=O)CN2C(=O)C(C)Oc3cc(C(=O)O)ccc32)c1. The molecule has 0 spiro atoms. The monoisotopic (exact) mass is 400 g/mol. The Balaban J connectivity index is 1.85. The summed E-state index contributed by atoms with van der Waals surface area (Å²) in [5.74, 6) is -0.796. The Labute approximate surface area is 166 Å². The summed E-state index contributed by atoms with van der Waals surface area (Å²) in [6, 6.07) is 9.08. The fourth-order valence-electron chi connectivity index (χ4n) is 2.95. The second-order valence-electron chi connectivity index (χ2n) is 6.29. The minimum Gasteiger partial charge on any atom is -0.497 e. The van der Waals surface area contributed by atoms with Gasteiger partial charge in [0.2, 0.25) is 5.91 Å². The lowest BCUT2D eigenvalue weighted by molar-refractivity contribution is -0.127. The highest BCUT2D eigenvalue weighted by molar-refractivity contribution is 6.07. The number of carbonyl (C=O) groups is 3. The molecule has 2 amide bonds. The molecule has 2 aromatic rings. The van der Waals surface area contributed by atoms with Crippen molar-refractivity contribution in [3.8, 4) is 17.2 Å². The molecule has 0 aromatic heterocycles. The molecule has 0 bridgehead atoms. The Kier molecular flexibility index (Phi) is 5.58. The van der Waals surface area contributed by atoms with Crippen LogP contribution in [-0.4, -0.2) is 49.8 Å². The summed E-state index contributed by atoms with van der Waals surface area (Å²) in [5.41, 5.74) is 0.744. The van der Waals surface area contributed by atoms with E-state index in [0.717, 1.165) is 0 Å². The summed E-state index contributed by atoms with van der Waals surface area (Å²) < 4.78 is 15.9. The van der Waals surface area contributed by atoms with Crippen molar-refractivity contribution < 1.29 is 33.7 Å². The van der Waals surface area contributed by atoms with E-state index in [9.17, 15) is 14.4 Å². The van der Waals surface area contributed by atoms with Gasteiger partial charge in [-0.2, -0.15) is 0 Å². The van der Waals surface area contributed by atoms with E-state index in [-0.39, 0.29) is 17.9 Å². The molecule has 0 aliphatic carbocycles. The maximum absolute atomic E-state index is 12.6. The Morgan fingerprint density at radius 1 is 1.17 bits per heavy atom. The van der Waals surface area contributed by atoms with Crippen LogP contribution in [0.25, 0.3) is 0 Å². The lowest BCUT2D eigenvalue weighted by atomic mass is 10.1. The van der Waals surface area contributed by atoms with Gasteiger partial charge in [0, 0.05) is 6.07 Å². The number of carboxylic acids is 1. The van der Waals surface area contributed by atoms with E-state index in [0.29, 0.717) is 22.9 Å². The predicted molar refractivity (Wildman–Crippen MR) is 104 cm³/mol. The van der Waals surface area contributed by atoms with Crippen LogP contribution < -0.4 is 24.4 Å². The number of hydrogen-bond acceptors (Lipinski definition) is 6. The smallest absolute Gasteiger partial charge is 0.335 e. The summed E-state index contributed by atoms with van der Waals surface area (Å²) >= 11 is 0. The molecule has 9 nitrogen and oxygen atoms in total. The van der Waals surface area contributed by atoms with E-state index in [1.807, 2.05) is 0 Å². The molecule has 0 saturated carbocycles. The first-order valence-electron chi connectivity index (χ1n) is 8.71. The molecule has 0 fully saturated rings. The number of ether oxygens (including phenoxy) is 3. The number of hydrogen-bond donors (Lipinski definition) is 2. The van der Waals surface area contributed by atoms with Crippen molar-refractivity contribution in [1.29, 1.82) is 0 Å². The van der Waals surface area contributed by atoms with Crippen LogP contribution in [0.15, 0.2) is 36.4 Å². The lowest BCUT2D eigenvalue weighted by Crippen LogP contribution is -2.47. The standard InChI is InChI=1S/C20H20N2O7/c1-11-19(24)22(15-6-4-12(20(25)26)8-17(15)29-11)10-18(23)21-14-9-13(27-2)5-7-16(14)28-3/h4-9,11H,10H2,1-3H3,(H,21,23)(H,25,26). The Hall–Kier alpha value is -3.75. The van der Waals surface area contributed by atoms with Crippen molar-refractivity contribution in [2.24, 2.45) is 0 Å². The van der Waals surface area contributed by atoms with Crippen LogP contribution in [-0.2, 0) is 9.59 Å². The van der Waals surface area contributed by atoms with Gasteiger partial charge in [-0.25, -0.2) is 4.79 Å². The molecule has 2 aromatic carbocycles. The number of aromatic carboxylic acids is 1. The summed E-state index contributed by atoms with van der Waals surface area (Å²) in [6.45, 7) is 1.25. The van der Waals surface area contributed by atoms with Gasteiger partial charge in [0.1, 0.15) is 23.8 Å². The zero-order valence-corrected chi connectivity index (χ0v) is 16.1. The van der Waals surface area contributed by atoms with Crippen molar-refractivity contribution >= 4 is 29.2 Å². The van der Waals surface area contributed by atoms with E-state index < -0.39 is 23.9 Å². The average Bonchev–Trinajstić information content (AvgIpc) is 2.70. The molecule has 1 aliphatic heterocycles. The molecular weight excluding hydrogens is 380 g/mol. The number of fused-ring (bicyclic) bond motifs is 1. The summed E-state index contributed by atoms with van der Waals surface area (Å²) in [7, 11) is 2.98. The molecule has 1 heterocycles. The Morgan fingerprint density at radius 2 is 1.93 bits per heavy atom. The second-order valence-corrected chi connectivity index (χ2v) is 6.29. The molecule has 1 aliphatic rings. The third kappa shape index (κ3) is 4.08. The molecule has 0 radical (unpaired) electrons. The topological polar surface area (TPSA) is 114 Å². The van der Waals surface area contributed by atoms with Crippen molar-refractivity contribution in [3.05, 3.63) is 42.0 Å². The first kappa shape index (κ1) is 20.0. The minimum absolute atomic E-state index is 0.0239. The number of carbonyl (C=O) groups excluding carboxylic acids is 2. The summed E-state index contributed by atoms with van der Waals surface area (Å²) in [6.07, 6.45) is -0.856. The van der Waals surface area contributed by atoms with Gasteiger partial charge in [0.15, 0.2) is 6.10 Å². The van der Waals surface area contributed by atoms with Gasteiger partial charge in [0.05, 0.1) is 31.2 Å². The molecule has 29 heavy (non-hydrogen) atoms. The zero-order chi connectivity index (χ0) is 21.1. The molecular formula is C20H20N2O7. The van der Waals surface area contributed by atoms with Crippen LogP contribution >= 0.6 is 0 Å². The van der Waals surface area contributed by atoms with Crippen LogP contribution in [0.2, 0.25) is 0 Å². The molecule has 1 unspecified atom stereocenters. The summed E-state index contributed by atoms with van der Waals surface area (Å²) in [5, 5.41) is 11.9. The fraction of sp³-hybridized carbons (Fsp3) is 0.250. The molecule has 152 valence electrons. The van der Waals surface area contributed by atoms with Gasteiger partial charge >= 0.3 is 5.97 Å². The quantitative estimate of drug-likeness (QED) is 0.764. The van der Waals surface area contributed by atoms with Crippen LogP contribution in [0, 0.1) is 0 Å². The predicted octanol–water partition coefficient (Wildman–Crippen LogP) is 2.15. The Bertz CT molecular complexity index is 973.